The summed E-state index contributed by atoms with van der Waals surface area (Å²) in [6.45, 7) is 8.99. The molecule has 7 nitrogen and oxygen atoms in total. The van der Waals surface area contributed by atoms with Crippen LogP contribution in [-0.4, -0.2) is 43.0 Å². The van der Waals surface area contributed by atoms with Crippen molar-refractivity contribution >= 4 is 25.1 Å². The van der Waals surface area contributed by atoms with Crippen molar-refractivity contribution in [3.05, 3.63) is 23.8 Å². The minimum Gasteiger partial charge on any atom is -0.465 e. The first-order chi connectivity index (χ1) is 12.6. The Kier molecular flexibility index (Phi) is 8.79. The molecule has 1 unspecified atom stereocenters. The summed E-state index contributed by atoms with van der Waals surface area (Å²) in [5.74, 6) is -1.16. The molecule has 0 saturated carbocycles. The van der Waals surface area contributed by atoms with Gasteiger partial charge in [-0.1, -0.05) is 13.8 Å². The van der Waals surface area contributed by atoms with Gasteiger partial charge in [-0.15, -0.1) is 0 Å². The number of esters is 1. The summed E-state index contributed by atoms with van der Waals surface area (Å²) in [5, 5.41) is 0. The molecule has 0 aliphatic heterocycles. The lowest BCUT2D eigenvalue weighted by atomic mass is 9.76. The van der Waals surface area contributed by atoms with Crippen LogP contribution in [0.3, 0.4) is 0 Å². The van der Waals surface area contributed by atoms with Gasteiger partial charge in [0.1, 0.15) is 0 Å². The Labute approximate surface area is 160 Å². The highest BCUT2D eigenvalue weighted by molar-refractivity contribution is 7.55. The molecule has 0 aromatic heterocycles. The molecule has 8 heteroatoms. The molecule has 0 heterocycles. The molecule has 0 fully saturated rings. The lowest BCUT2D eigenvalue weighted by Gasteiger charge is -2.31. The third kappa shape index (κ3) is 6.23. The number of ether oxygens (including phenoxy) is 1. The summed E-state index contributed by atoms with van der Waals surface area (Å²) >= 11 is 0. The van der Waals surface area contributed by atoms with E-state index in [0.717, 1.165) is 0 Å². The van der Waals surface area contributed by atoms with E-state index in [2.05, 4.69) is 0 Å². The summed E-state index contributed by atoms with van der Waals surface area (Å²) < 4.78 is 28.9. The van der Waals surface area contributed by atoms with Crippen LogP contribution < -0.4 is 0 Å². The van der Waals surface area contributed by atoms with Crippen LogP contribution >= 0.6 is 7.60 Å². The van der Waals surface area contributed by atoms with Crippen LogP contribution in [-0.2, 0) is 32.7 Å². The Hall–Kier alpha value is -1.56. The minimum atomic E-state index is -3.73. The SMILES string of the molecule is CCOC(=O)C(CCC(C)(C)C1=CC(=O)C=CC1=O)P(=O)(OCC)OCC. The van der Waals surface area contributed by atoms with E-state index >= 15 is 0 Å². The summed E-state index contributed by atoms with van der Waals surface area (Å²) in [7, 11) is -3.73. The van der Waals surface area contributed by atoms with Crippen LogP contribution in [0.5, 0.6) is 0 Å². The molecule has 0 bridgehead atoms. The second kappa shape index (κ2) is 10.1. The Morgan fingerprint density at radius 1 is 1.07 bits per heavy atom. The third-order valence-corrected chi connectivity index (χ3v) is 6.75. The molecule has 0 saturated heterocycles. The van der Waals surface area contributed by atoms with Crippen LogP contribution in [0.2, 0.25) is 0 Å². The molecule has 1 aliphatic carbocycles. The maximum absolute atomic E-state index is 13.1. The van der Waals surface area contributed by atoms with Crippen molar-refractivity contribution in [1.29, 1.82) is 0 Å². The number of ketones is 2. The highest BCUT2D eigenvalue weighted by Crippen LogP contribution is 2.55. The van der Waals surface area contributed by atoms with Crippen molar-refractivity contribution in [1.82, 2.24) is 0 Å². The summed E-state index contributed by atoms with van der Waals surface area (Å²) in [6.07, 6.45) is 4.23. The molecule has 27 heavy (non-hydrogen) atoms. The molecular formula is C19H29O7P. The first-order valence-electron chi connectivity index (χ1n) is 9.15. The van der Waals surface area contributed by atoms with E-state index in [1.165, 1.54) is 18.2 Å². The van der Waals surface area contributed by atoms with E-state index < -0.39 is 24.6 Å². The molecule has 0 aromatic carbocycles. The topological polar surface area (TPSA) is 96.0 Å². The fourth-order valence-electron chi connectivity index (χ4n) is 2.89. The van der Waals surface area contributed by atoms with Crippen LogP contribution in [0, 0.1) is 5.41 Å². The predicted octanol–water partition coefficient (Wildman–Crippen LogP) is 3.63. The predicted molar refractivity (Wildman–Crippen MR) is 102 cm³/mol. The smallest absolute Gasteiger partial charge is 0.344 e. The Bertz CT molecular complexity index is 666. The largest absolute Gasteiger partial charge is 0.465 e. The van der Waals surface area contributed by atoms with Crippen molar-refractivity contribution in [2.45, 2.75) is 53.1 Å². The van der Waals surface area contributed by atoms with E-state index in [-0.39, 0.29) is 37.8 Å². The van der Waals surface area contributed by atoms with Gasteiger partial charge in [-0.2, -0.15) is 0 Å². The zero-order chi connectivity index (χ0) is 20.7. The molecule has 1 aliphatic rings. The van der Waals surface area contributed by atoms with Gasteiger partial charge in [0.2, 0.25) is 0 Å². The van der Waals surface area contributed by atoms with Gasteiger partial charge in [0, 0.05) is 5.57 Å². The van der Waals surface area contributed by atoms with Gasteiger partial charge in [-0.25, -0.2) is 0 Å². The Morgan fingerprint density at radius 3 is 2.19 bits per heavy atom. The first kappa shape index (κ1) is 23.5. The molecule has 0 aromatic rings. The maximum Gasteiger partial charge on any atom is 0.344 e. The van der Waals surface area contributed by atoms with Crippen LogP contribution in [0.4, 0.5) is 0 Å². The quantitative estimate of drug-likeness (QED) is 0.297. The van der Waals surface area contributed by atoms with E-state index in [9.17, 15) is 18.9 Å². The molecule has 1 atom stereocenters. The number of hydrogen-bond donors (Lipinski definition) is 0. The van der Waals surface area contributed by atoms with E-state index in [1.54, 1.807) is 34.6 Å². The van der Waals surface area contributed by atoms with E-state index in [0.29, 0.717) is 12.0 Å². The van der Waals surface area contributed by atoms with Gasteiger partial charge in [0.25, 0.3) is 0 Å². The average Bonchev–Trinajstić information content (AvgIpc) is 2.57. The van der Waals surface area contributed by atoms with Gasteiger partial charge < -0.3 is 13.8 Å². The van der Waals surface area contributed by atoms with Crippen LogP contribution in [0.15, 0.2) is 23.8 Å². The van der Waals surface area contributed by atoms with Gasteiger partial charge >= 0.3 is 13.6 Å². The summed E-state index contributed by atoms with van der Waals surface area (Å²) in [6, 6.07) is 0. The molecule has 152 valence electrons. The molecule has 0 N–H and O–H groups in total. The highest BCUT2D eigenvalue weighted by atomic mass is 31.2. The second-order valence-electron chi connectivity index (χ2n) is 6.72. The van der Waals surface area contributed by atoms with E-state index in [4.69, 9.17) is 13.8 Å². The fourth-order valence-corrected chi connectivity index (χ4v) is 4.82. The monoisotopic (exact) mass is 400 g/mol. The van der Waals surface area contributed by atoms with Crippen molar-refractivity contribution in [2.75, 3.05) is 19.8 Å². The molecule has 0 spiro atoms. The van der Waals surface area contributed by atoms with Crippen molar-refractivity contribution < 1.29 is 32.7 Å². The summed E-state index contributed by atoms with van der Waals surface area (Å²) in [5.41, 5.74) is -1.44. The Morgan fingerprint density at radius 2 is 1.67 bits per heavy atom. The van der Waals surface area contributed by atoms with Crippen molar-refractivity contribution in [3.63, 3.8) is 0 Å². The normalized spacial score (nSPS) is 16.3. The number of hydrogen-bond acceptors (Lipinski definition) is 7. The lowest BCUT2D eigenvalue weighted by Crippen LogP contribution is -2.30. The molecule has 0 radical (unpaired) electrons. The number of carbonyl (C=O) groups excluding carboxylic acids is 3. The number of rotatable bonds is 11. The second-order valence-corrected chi connectivity index (χ2v) is 8.94. The zero-order valence-corrected chi connectivity index (χ0v) is 17.5. The zero-order valence-electron chi connectivity index (χ0n) is 16.6. The maximum atomic E-state index is 13.1. The van der Waals surface area contributed by atoms with Crippen molar-refractivity contribution in [2.24, 2.45) is 5.41 Å². The number of allylic oxidation sites excluding steroid dienone is 4. The molecule has 0 amide bonds. The molecule has 1 rings (SSSR count). The Balaban J connectivity index is 3.08. The highest BCUT2D eigenvalue weighted by Gasteiger charge is 2.43. The third-order valence-electron chi connectivity index (χ3n) is 4.28. The fraction of sp³-hybridized carbons (Fsp3) is 0.632. The van der Waals surface area contributed by atoms with Crippen molar-refractivity contribution in [3.8, 4) is 0 Å². The van der Waals surface area contributed by atoms with Gasteiger partial charge in [0.15, 0.2) is 17.2 Å². The molecular weight excluding hydrogens is 371 g/mol. The number of carbonyl (C=O) groups is 3. The minimum absolute atomic E-state index is 0.125. The van der Waals surface area contributed by atoms with Gasteiger partial charge in [-0.05, 0) is 57.3 Å². The standard InChI is InChI=1S/C19H29O7P/c1-6-24-18(22)17(27(23,25-7-2)26-8-3)11-12-19(4,5)15-13-14(20)9-10-16(15)21/h9-10,13,17H,6-8,11-12H2,1-5H3. The first-order valence-corrected chi connectivity index (χ1v) is 10.8. The summed E-state index contributed by atoms with van der Waals surface area (Å²) in [4.78, 5) is 36.3. The van der Waals surface area contributed by atoms with Gasteiger partial charge in [-0.3, -0.25) is 18.9 Å². The van der Waals surface area contributed by atoms with E-state index in [1.807, 2.05) is 0 Å². The van der Waals surface area contributed by atoms with Crippen LogP contribution in [0.1, 0.15) is 47.5 Å². The lowest BCUT2D eigenvalue weighted by molar-refractivity contribution is -0.143. The van der Waals surface area contributed by atoms with Gasteiger partial charge in [0.05, 0.1) is 19.8 Å². The average molecular weight is 400 g/mol. The van der Waals surface area contributed by atoms with Crippen LogP contribution in [0.25, 0.3) is 0 Å².